The third-order valence-corrected chi connectivity index (χ3v) is 5.40. The van der Waals surface area contributed by atoms with E-state index in [2.05, 4.69) is 10.1 Å². The van der Waals surface area contributed by atoms with Gasteiger partial charge in [-0.3, -0.25) is 9.59 Å². The van der Waals surface area contributed by atoms with Gasteiger partial charge in [-0.2, -0.15) is 14.6 Å². The fourth-order valence-electron chi connectivity index (χ4n) is 2.94. The molecule has 0 aliphatic carbocycles. The van der Waals surface area contributed by atoms with Gasteiger partial charge in [-0.25, -0.2) is 4.39 Å². The van der Waals surface area contributed by atoms with E-state index < -0.39 is 5.56 Å². The summed E-state index contributed by atoms with van der Waals surface area (Å²) in [6.45, 7) is 0. The van der Waals surface area contributed by atoms with Crippen molar-refractivity contribution in [1.29, 1.82) is 0 Å². The first-order valence-corrected chi connectivity index (χ1v) is 9.71. The predicted molar refractivity (Wildman–Crippen MR) is 111 cm³/mol. The summed E-state index contributed by atoms with van der Waals surface area (Å²) in [6, 6.07) is 11.0. The molecular formula is C21H16FN3O4S. The predicted octanol–water partition coefficient (Wildman–Crippen LogP) is 1.81. The van der Waals surface area contributed by atoms with Crippen LogP contribution in [0, 0.1) is 5.82 Å². The van der Waals surface area contributed by atoms with Crippen LogP contribution in [0.2, 0.25) is 0 Å². The van der Waals surface area contributed by atoms with E-state index in [0.29, 0.717) is 21.6 Å². The third kappa shape index (κ3) is 3.79. The van der Waals surface area contributed by atoms with Gasteiger partial charge in [0.25, 0.3) is 11.1 Å². The van der Waals surface area contributed by atoms with Gasteiger partial charge in [-0.1, -0.05) is 29.5 Å². The summed E-state index contributed by atoms with van der Waals surface area (Å²) >= 11 is 1.07. The maximum absolute atomic E-state index is 13.1. The van der Waals surface area contributed by atoms with Crippen LogP contribution in [-0.4, -0.2) is 28.8 Å². The lowest BCUT2D eigenvalue weighted by atomic mass is 10.1. The van der Waals surface area contributed by atoms with Crippen LogP contribution in [0.3, 0.4) is 0 Å². The maximum atomic E-state index is 13.1. The van der Waals surface area contributed by atoms with Crippen molar-refractivity contribution in [2.45, 2.75) is 6.42 Å². The summed E-state index contributed by atoms with van der Waals surface area (Å²) in [5.41, 5.74) is 0.649. The molecule has 0 aliphatic rings. The van der Waals surface area contributed by atoms with E-state index in [9.17, 15) is 14.0 Å². The molecule has 4 aromatic rings. The van der Waals surface area contributed by atoms with E-state index in [1.807, 2.05) is 0 Å². The molecule has 0 bridgehead atoms. The van der Waals surface area contributed by atoms with E-state index in [-0.39, 0.29) is 28.5 Å². The molecule has 0 saturated heterocycles. The van der Waals surface area contributed by atoms with Crippen LogP contribution in [0.5, 0.6) is 11.5 Å². The first kappa shape index (κ1) is 19.7. The number of nitrogens with zero attached hydrogens (tertiary/aromatic N) is 3. The number of benzene rings is 2. The second-order valence-electron chi connectivity index (χ2n) is 6.39. The summed E-state index contributed by atoms with van der Waals surface area (Å²) in [5, 5.41) is 4.20. The van der Waals surface area contributed by atoms with Gasteiger partial charge in [-0.05, 0) is 41.5 Å². The van der Waals surface area contributed by atoms with Crippen molar-refractivity contribution in [3.8, 4) is 11.5 Å². The number of hydrogen-bond acceptors (Lipinski definition) is 7. The van der Waals surface area contributed by atoms with Crippen LogP contribution in [0.25, 0.3) is 11.0 Å². The number of rotatable bonds is 5. The summed E-state index contributed by atoms with van der Waals surface area (Å²) in [4.78, 5) is 29.3. The van der Waals surface area contributed by atoms with Crippen molar-refractivity contribution in [1.82, 2.24) is 14.6 Å². The molecule has 0 saturated carbocycles. The Morgan fingerprint density at radius 1 is 1.07 bits per heavy atom. The minimum atomic E-state index is -0.516. The molecule has 0 aliphatic heterocycles. The highest BCUT2D eigenvalue weighted by Gasteiger charge is 2.12. The van der Waals surface area contributed by atoms with Crippen LogP contribution in [0.15, 0.2) is 52.1 Å². The molecule has 2 heterocycles. The highest BCUT2D eigenvalue weighted by molar-refractivity contribution is 7.15. The molecule has 0 radical (unpaired) electrons. The highest BCUT2D eigenvalue weighted by atomic mass is 32.1. The fourth-order valence-corrected chi connectivity index (χ4v) is 3.85. The molecular weight excluding hydrogens is 409 g/mol. The largest absolute Gasteiger partial charge is 0.493 e. The molecule has 0 fully saturated rings. The molecule has 152 valence electrons. The molecule has 7 nitrogen and oxygen atoms in total. The summed E-state index contributed by atoms with van der Waals surface area (Å²) < 4.78 is 25.1. The summed E-state index contributed by atoms with van der Waals surface area (Å²) in [5.74, 6) is 0.742. The SMILES string of the molecule is COc1ccc(/C=c2/sc3nc(=O)c(Cc4ccc(F)cc4)nn3c2=O)cc1OC. The standard InChI is InChI=1S/C21H16FN3O4S/c1-28-16-8-5-13(10-17(16)29-2)11-18-20(27)25-21(30-18)23-19(26)15(24-25)9-12-3-6-14(22)7-4-12/h3-8,10-11H,9H2,1-2H3/b18-11+. The average Bonchev–Trinajstić information content (AvgIpc) is 3.04. The van der Waals surface area contributed by atoms with E-state index in [0.717, 1.165) is 21.4 Å². The highest BCUT2D eigenvalue weighted by Crippen LogP contribution is 2.27. The average molecular weight is 425 g/mol. The third-order valence-electron chi connectivity index (χ3n) is 4.44. The molecule has 4 rings (SSSR count). The van der Waals surface area contributed by atoms with Gasteiger partial charge in [0.1, 0.15) is 11.5 Å². The summed E-state index contributed by atoms with van der Waals surface area (Å²) in [6.07, 6.45) is 1.83. The number of fused-ring (bicyclic) bond motifs is 1. The molecule has 0 unspecified atom stereocenters. The van der Waals surface area contributed by atoms with Crippen molar-refractivity contribution < 1.29 is 13.9 Å². The number of methoxy groups -OCH3 is 2. The molecule has 0 atom stereocenters. The number of hydrogen-bond donors (Lipinski definition) is 0. The maximum Gasteiger partial charge on any atom is 0.296 e. The van der Waals surface area contributed by atoms with Crippen molar-refractivity contribution >= 4 is 22.4 Å². The molecule has 0 spiro atoms. The van der Waals surface area contributed by atoms with E-state index in [4.69, 9.17) is 9.47 Å². The number of aromatic nitrogens is 3. The zero-order chi connectivity index (χ0) is 21.3. The Bertz CT molecular complexity index is 1400. The normalized spacial score (nSPS) is 11.8. The van der Waals surface area contributed by atoms with Crippen LogP contribution < -0.4 is 25.1 Å². The number of thiazole rings is 1. The van der Waals surface area contributed by atoms with Crippen LogP contribution in [0.4, 0.5) is 4.39 Å². The topological polar surface area (TPSA) is 82.8 Å². The lowest BCUT2D eigenvalue weighted by Crippen LogP contribution is -2.28. The first-order chi connectivity index (χ1) is 14.5. The Balaban J connectivity index is 1.77. The lowest BCUT2D eigenvalue weighted by molar-refractivity contribution is 0.355. The van der Waals surface area contributed by atoms with Crippen LogP contribution in [0.1, 0.15) is 16.8 Å². The van der Waals surface area contributed by atoms with Gasteiger partial charge in [0, 0.05) is 6.42 Å². The molecule has 9 heteroatoms. The Labute approximate surface area is 173 Å². The molecule has 2 aromatic heterocycles. The lowest BCUT2D eigenvalue weighted by Gasteiger charge is -2.07. The van der Waals surface area contributed by atoms with E-state index in [1.165, 1.54) is 19.2 Å². The van der Waals surface area contributed by atoms with Gasteiger partial charge in [-0.15, -0.1) is 0 Å². The smallest absolute Gasteiger partial charge is 0.296 e. The van der Waals surface area contributed by atoms with E-state index >= 15 is 0 Å². The fraction of sp³-hybridized carbons (Fsp3) is 0.143. The van der Waals surface area contributed by atoms with Crippen molar-refractivity contribution in [2.75, 3.05) is 14.2 Å². The van der Waals surface area contributed by atoms with E-state index in [1.54, 1.807) is 43.5 Å². The van der Waals surface area contributed by atoms with Crippen molar-refractivity contribution in [3.63, 3.8) is 0 Å². The Morgan fingerprint density at radius 2 is 1.80 bits per heavy atom. The van der Waals surface area contributed by atoms with Crippen LogP contribution >= 0.6 is 11.3 Å². The minimum Gasteiger partial charge on any atom is -0.493 e. The monoisotopic (exact) mass is 425 g/mol. The Kier molecular flexibility index (Phi) is 5.28. The van der Waals surface area contributed by atoms with Gasteiger partial charge in [0.15, 0.2) is 11.5 Å². The molecule has 0 amide bonds. The Hall–Kier alpha value is -3.59. The number of ether oxygens (including phenoxy) is 2. The minimum absolute atomic E-state index is 0.117. The quantitative estimate of drug-likeness (QED) is 0.485. The zero-order valence-corrected chi connectivity index (χ0v) is 16.9. The van der Waals surface area contributed by atoms with Crippen molar-refractivity contribution in [3.05, 3.63) is 90.3 Å². The Morgan fingerprint density at radius 3 is 2.50 bits per heavy atom. The van der Waals surface area contributed by atoms with Gasteiger partial charge in [0.2, 0.25) is 4.96 Å². The molecule has 30 heavy (non-hydrogen) atoms. The zero-order valence-electron chi connectivity index (χ0n) is 16.1. The van der Waals surface area contributed by atoms with Gasteiger partial charge >= 0.3 is 0 Å². The summed E-state index contributed by atoms with van der Waals surface area (Å²) in [7, 11) is 3.07. The van der Waals surface area contributed by atoms with Gasteiger partial charge in [0.05, 0.1) is 18.8 Å². The molecule has 2 aromatic carbocycles. The van der Waals surface area contributed by atoms with Crippen LogP contribution in [-0.2, 0) is 6.42 Å². The first-order valence-electron chi connectivity index (χ1n) is 8.89. The van der Waals surface area contributed by atoms with Gasteiger partial charge < -0.3 is 9.47 Å². The second-order valence-corrected chi connectivity index (χ2v) is 7.40. The van der Waals surface area contributed by atoms with Crippen molar-refractivity contribution in [2.24, 2.45) is 0 Å². The number of halogens is 1. The molecule has 0 N–H and O–H groups in total. The second kappa shape index (κ2) is 8.03.